The zero-order valence-electron chi connectivity index (χ0n) is 9.66. The average Bonchev–Trinajstić information content (AvgIpc) is 2.19. The maximum Gasteiger partial charge on any atom is 0.303 e. The number of halogens is 1. The lowest BCUT2D eigenvalue weighted by atomic mass is 9.99. The Balaban J connectivity index is 2.64. The third-order valence-corrected chi connectivity index (χ3v) is 2.58. The summed E-state index contributed by atoms with van der Waals surface area (Å²) in [5.74, 6) is -0.752. The molecule has 0 spiro atoms. The van der Waals surface area contributed by atoms with Gasteiger partial charge in [-0.15, -0.1) is 0 Å². The van der Waals surface area contributed by atoms with Gasteiger partial charge in [-0.2, -0.15) is 0 Å². The van der Waals surface area contributed by atoms with Crippen LogP contribution in [-0.2, 0) is 11.2 Å². The Kier molecular flexibility index (Phi) is 4.47. The number of hydrogen-bond donors (Lipinski definition) is 1. The number of carboxylic acid groups (broad SMARTS) is 1. The van der Waals surface area contributed by atoms with Gasteiger partial charge in [0.2, 0.25) is 0 Å². The standard InChI is InChI=1S/C13H17FO2/c1-9(2)11-7-6-10(12(14)8-11)4-3-5-13(15)16/h6-9H,3-5H2,1-2H3,(H,15,16). The molecule has 0 aromatic heterocycles. The summed E-state index contributed by atoms with van der Waals surface area (Å²) in [6.45, 7) is 4.03. The molecule has 0 fully saturated rings. The summed E-state index contributed by atoms with van der Waals surface area (Å²) >= 11 is 0. The second kappa shape index (κ2) is 5.64. The molecular weight excluding hydrogens is 207 g/mol. The summed E-state index contributed by atoms with van der Waals surface area (Å²) in [6.07, 6.45) is 1.05. The highest BCUT2D eigenvalue weighted by molar-refractivity contribution is 5.66. The monoisotopic (exact) mass is 224 g/mol. The first-order chi connectivity index (χ1) is 7.50. The minimum Gasteiger partial charge on any atom is -0.481 e. The van der Waals surface area contributed by atoms with Crippen LogP contribution in [0.2, 0.25) is 0 Å². The fourth-order valence-electron chi connectivity index (χ4n) is 1.56. The molecule has 0 atom stereocenters. The number of rotatable bonds is 5. The van der Waals surface area contributed by atoms with Crippen molar-refractivity contribution in [2.45, 2.75) is 39.0 Å². The molecule has 0 saturated heterocycles. The Morgan fingerprint density at radius 1 is 1.44 bits per heavy atom. The van der Waals surface area contributed by atoms with E-state index in [1.54, 1.807) is 12.1 Å². The first kappa shape index (κ1) is 12.7. The highest BCUT2D eigenvalue weighted by Gasteiger charge is 2.06. The van der Waals surface area contributed by atoms with E-state index in [1.807, 2.05) is 19.9 Å². The molecule has 0 radical (unpaired) electrons. The lowest BCUT2D eigenvalue weighted by Gasteiger charge is -2.08. The Hall–Kier alpha value is -1.38. The lowest BCUT2D eigenvalue weighted by Crippen LogP contribution is -1.98. The lowest BCUT2D eigenvalue weighted by molar-refractivity contribution is -0.137. The van der Waals surface area contributed by atoms with Crippen LogP contribution < -0.4 is 0 Å². The maximum absolute atomic E-state index is 13.6. The first-order valence-corrected chi connectivity index (χ1v) is 5.51. The molecule has 3 heteroatoms. The van der Waals surface area contributed by atoms with Gasteiger partial charge in [0.25, 0.3) is 0 Å². The van der Waals surface area contributed by atoms with E-state index in [0.717, 1.165) is 5.56 Å². The molecule has 2 nitrogen and oxygen atoms in total. The first-order valence-electron chi connectivity index (χ1n) is 5.51. The van der Waals surface area contributed by atoms with Crippen molar-refractivity contribution in [3.05, 3.63) is 35.1 Å². The summed E-state index contributed by atoms with van der Waals surface area (Å²) in [6, 6.07) is 5.21. The van der Waals surface area contributed by atoms with Crippen LogP contribution in [0, 0.1) is 5.82 Å². The number of benzene rings is 1. The van der Waals surface area contributed by atoms with Gasteiger partial charge in [0.15, 0.2) is 0 Å². The van der Waals surface area contributed by atoms with Crippen LogP contribution in [0.5, 0.6) is 0 Å². The molecule has 0 heterocycles. The van der Waals surface area contributed by atoms with E-state index < -0.39 is 5.97 Å². The summed E-state index contributed by atoms with van der Waals surface area (Å²) < 4.78 is 13.6. The van der Waals surface area contributed by atoms with E-state index in [0.29, 0.717) is 24.3 Å². The van der Waals surface area contributed by atoms with Gasteiger partial charge in [-0.1, -0.05) is 26.0 Å². The molecule has 1 aromatic rings. The van der Waals surface area contributed by atoms with E-state index in [9.17, 15) is 9.18 Å². The Bertz CT molecular complexity index is 372. The predicted octanol–water partition coefficient (Wildman–Crippen LogP) is 3.36. The number of hydrogen-bond acceptors (Lipinski definition) is 1. The van der Waals surface area contributed by atoms with E-state index in [-0.39, 0.29) is 12.2 Å². The highest BCUT2D eigenvalue weighted by atomic mass is 19.1. The molecule has 16 heavy (non-hydrogen) atoms. The number of carboxylic acids is 1. The Morgan fingerprint density at radius 3 is 2.62 bits per heavy atom. The molecule has 0 aliphatic carbocycles. The maximum atomic E-state index is 13.6. The molecule has 1 aromatic carbocycles. The van der Waals surface area contributed by atoms with Crippen molar-refractivity contribution >= 4 is 5.97 Å². The predicted molar refractivity (Wildman–Crippen MR) is 61.1 cm³/mol. The number of aryl methyl sites for hydroxylation is 1. The zero-order valence-corrected chi connectivity index (χ0v) is 9.66. The van der Waals surface area contributed by atoms with Crippen molar-refractivity contribution in [2.75, 3.05) is 0 Å². The Morgan fingerprint density at radius 2 is 2.12 bits per heavy atom. The van der Waals surface area contributed by atoms with Gasteiger partial charge in [0.05, 0.1) is 0 Å². The van der Waals surface area contributed by atoms with Gasteiger partial charge >= 0.3 is 5.97 Å². The van der Waals surface area contributed by atoms with Crippen molar-refractivity contribution in [1.82, 2.24) is 0 Å². The smallest absolute Gasteiger partial charge is 0.303 e. The van der Waals surface area contributed by atoms with Crippen molar-refractivity contribution in [2.24, 2.45) is 0 Å². The summed E-state index contributed by atoms with van der Waals surface area (Å²) in [5.41, 5.74) is 1.57. The van der Waals surface area contributed by atoms with Crippen molar-refractivity contribution < 1.29 is 14.3 Å². The average molecular weight is 224 g/mol. The van der Waals surface area contributed by atoms with E-state index in [1.165, 1.54) is 0 Å². The fourth-order valence-corrected chi connectivity index (χ4v) is 1.56. The van der Waals surface area contributed by atoms with Crippen LogP contribution in [-0.4, -0.2) is 11.1 Å². The third-order valence-electron chi connectivity index (χ3n) is 2.58. The summed E-state index contributed by atoms with van der Waals surface area (Å²) in [7, 11) is 0. The molecule has 0 saturated carbocycles. The van der Waals surface area contributed by atoms with Gasteiger partial charge < -0.3 is 5.11 Å². The fraction of sp³-hybridized carbons (Fsp3) is 0.462. The van der Waals surface area contributed by atoms with Crippen molar-refractivity contribution in [3.8, 4) is 0 Å². The molecule has 0 aliphatic rings. The molecule has 0 amide bonds. The molecule has 0 aliphatic heterocycles. The number of carbonyl (C=O) groups is 1. The Labute approximate surface area is 95.1 Å². The summed E-state index contributed by atoms with van der Waals surface area (Å²) in [4.78, 5) is 10.3. The van der Waals surface area contributed by atoms with E-state index >= 15 is 0 Å². The minimum absolute atomic E-state index is 0.0887. The minimum atomic E-state index is -0.834. The molecule has 1 rings (SSSR count). The molecule has 0 bridgehead atoms. The number of aliphatic carboxylic acids is 1. The van der Waals surface area contributed by atoms with Crippen LogP contribution in [0.4, 0.5) is 4.39 Å². The molecule has 88 valence electrons. The van der Waals surface area contributed by atoms with Crippen molar-refractivity contribution in [1.29, 1.82) is 0 Å². The molecule has 1 N–H and O–H groups in total. The second-order valence-corrected chi connectivity index (χ2v) is 4.25. The van der Waals surface area contributed by atoms with E-state index in [2.05, 4.69) is 0 Å². The highest BCUT2D eigenvalue weighted by Crippen LogP contribution is 2.19. The molecular formula is C13H17FO2. The SMILES string of the molecule is CC(C)c1ccc(CCCC(=O)O)c(F)c1. The van der Waals surface area contributed by atoms with Crippen LogP contribution in [0.15, 0.2) is 18.2 Å². The topological polar surface area (TPSA) is 37.3 Å². The van der Waals surface area contributed by atoms with Gasteiger partial charge in [-0.25, -0.2) is 4.39 Å². The zero-order chi connectivity index (χ0) is 12.1. The van der Waals surface area contributed by atoms with Crippen LogP contribution in [0.25, 0.3) is 0 Å². The normalized spacial score (nSPS) is 10.8. The second-order valence-electron chi connectivity index (χ2n) is 4.25. The van der Waals surface area contributed by atoms with Gasteiger partial charge in [-0.05, 0) is 36.0 Å². The summed E-state index contributed by atoms with van der Waals surface area (Å²) in [5, 5.41) is 8.48. The van der Waals surface area contributed by atoms with Crippen LogP contribution >= 0.6 is 0 Å². The molecule has 0 unspecified atom stereocenters. The van der Waals surface area contributed by atoms with Gasteiger partial charge in [0, 0.05) is 6.42 Å². The van der Waals surface area contributed by atoms with E-state index in [4.69, 9.17) is 5.11 Å². The van der Waals surface area contributed by atoms with Crippen molar-refractivity contribution in [3.63, 3.8) is 0 Å². The largest absolute Gasteiger partial charge is 0.481 e. The van der Waals surface area contributed by atoms with Crippen LogP contribution in [0.1, 0.15) is 43.7 Å². The quantitative estimate of drug-likeness (QED) is 0.832. The van der Waals surface area contributed by atoms with Gasteiger partial charge in [-0.3, -0.25) is 4.79 Å². The third kappa shape index (κ3) is 3.65. The van der Waals surface area contributed by atoms with Gasteiger partial charge in [0.1, 0.15) is 5.82 Å². The van der Waals surface area contributed by atoms with Crippen LogP contribution in [0.3, 0.4) is 0 Å².